The van der Waals surface area contributed by atoms with Crippen molar-refractivity contribution in [2.75, 3.05) is 6.54 Å². The van der Waals surface area contributed by atoms with E-state index in [1.807, 2.05) is 27.7 Å². The van der Waals surface area contributed by atoms with Crippen LogP contribution < -0.4 is 4.72 Å². The Bertz CT molecular complexity index is 613. The molecule has 0 bridgehead atoms. The lowest BCUT2D eigenvalue weighted by atomic mass is 9.81. The summed E-state index contributed by atoms with van der Waals surface area (Å²) in [7, 11) is -3.76. The number of sulfonamides is 1. The summed E-state index contributed by atoms with van der Waals surface area (Å²) >= 11 is 11.9. The van der Waals surface area contributed by atoms with Gasteiger partial charge in [0.15, 0.2) is 0 Å². The predicted molar refractivity (Wildman–Crippen MR) is 86.2 cm³/mol. The highest BCUT2D eigenvalue weighted by Crippen LogP contribution is 2.32. The third-order valence-corrected chi connectivity index (χ3v) is 6.22. The fourth-order valence-electron chi connectivity index (χ4n) is 1.49. The molecule has 120 valence electrons. The molecule has 0 unspecified atom stereocenters. The number of aliphatic hydroxyl groups is 1. The first-order valence-electron chi connectivity index (χ1n) is 6.60. The lowest BCUT2D eigenvalue weighted by molar-refractivity contribution is 0.252. The van der Waals surface area contributed by atoms with E-state index in [0.717, 1.165) is 0 Å². The molecule has 0 aromatic heterocycles. The largest absolute Gasteiger partial charge is 0.392 e. The maximum absolute atomic E-state index is 12.4. The van der Waals surface area contributed by atoms with Crippen LogP contribution in [0.4, 0.5) is 0 Å². The van der Waals surface area contributed by atoms with Crippen LogP contribution in [0.2, 0.25) is 10.0 Å². The molecule has 0 aliphatic rings. The van der Waals surface area contributed by atoms with Crippen molar-refractivity contribution in [1.29, 1.82) is 0 Å². The monoisotopic (exact) mass is 353 g/mol. The van der Waals surface area contributed by atoms with Crippen LogP contribution in [0.5, 0.6) is 0 Å². The zero-order chi connectivity index (χ0) is 16.4. The quantitative estimate of drug-likeness (QED) is 0.822. The summed E-state index contributed by atoms with van der Waals surface area (Å²) in [5.41, 5.74) is 0.0236. The van der Waals surface area contributed by atoms with Crippen molar-refractivity contribution < 1.29 is 13.5 Å². The molecule has 0 heterocycles. The van der Waals surface area contributed by atoms with Gasteiger partial charge in [0.1, 0.15) is 4.90 Å². The van der Waals surface area contributed by atoms with Crippen LogP contribution >= 0.6 is 23.2 Å². The Morgan fingerprint density at radius 3 is 2.33 bits per heavy atom. The molecule has 0 spiro atoms. The number of nitrogens with one attached hydrogen (secondary N) is 1. The van der Waals surface area contributed by atoms with Crippen molar-refractivity contribution in [3.05, 3.63) is 27.7 Å². The van der Waals surface area contributed by atoms with Gasteiger partial charge in [-0.25, -0.2) is 13.1 Å². The van der Waals surface area contributed by atoms with Gasteiger partial charge in [-0.3, -0.25) is 0 Å². The number of hydrogen-bond donors (Lipinski definition) is 2. The third kappa shape index (κ3) is 4.33. The van der Waals surface area contributed by atoms with Crippen molar-refractivity contribution in [1.82, 2.24) is 4.72 Å². The highest BCUT2D eigenvalue weighted by molar-refractivity contribution is 7.89. The molecule has 0 amide bonds. The van der Waals surface area contributed by atoms with Gasteiger partial charge in [-0.05, 0) is 23.5 Å². The Morgan fingerprint density at radius 2 is 1.86 bits per heavy atom. The normalized spacial score (nSPS) is 13.0. The topological polar surface area (TPSA) is 66.4 Å². The predicted octanol–water partition coefficient (Wildman–Crippen LogP) is 3.45. The fourth-order valence-corrected chi connectivity index (χ4v) is 3.61. The number of benzene rings is 1. The molecule has 0 radical (unpaired) electrons. The molecule has 0 saturated carbocycles. The number of aliphatic hydroxyl groups excluding tert-OH is 1. The van der Waals surface area contributed by atoms with Gasteiger partial charge in [-0.1, -0.05) is 50.9 Å². The maximum Gasteiger partial charge on any atom is 0.242 e. The first-order valence-corrected chi connectivity index (χ1v) is 8.84. The van der Waals surface area contributed by atoms with E-state index in [1.165, 1.54) is 12.1 Å². The van der Waals surface area contributed by atoms with Crippen LogP contribution in [0.1, 0.15) is 33.3 Å². The maximum atomic E-state index is 12.4. The second-order valence-electron chi connectivity index (χ2n) is 5.96. The molecule has 0 aliphatic carbocycles. The van der Waals surface area contributed by atoms with E-state index < -0.39 is 16.6 Å². The van der Waals surface area contributed by atoms with Crippen molar-refractivity contribution in [3.63, 3.8) is 0 Å². The van der Waals surface area contributed by atoms with Crippen LogP contribution in [0.15, 0.2) is 17.0 Å². The Labute approximate surface area is 136 Å². The standard InChI is InChI=1S/C14H21Cl2NO3S/c1-9(2)14(3,4)8-17-21(19,20)12-6-5-11(15)10(7-18)13(12)16/h5-6,9,17-18H,7-8H2,1-4H3. The van der Waals surface area contributed by atoms with E-state index in [4.69, 9.17) is 23.2 Å². The van der Waals surface area contributed by atoms with Crippen molar-refractivity contribution in [2.24, 2.45) is 11.3 Å². The molecule has 0 aliphatic heterocycles. The molecule has 4 nitrogen and oxygen atoms in total. The Hall–Kier alpha value is -0.330. The molecule has 1 rings (SSSR count). The van der Waals surface area contributed by atoms with Gasteiger partial charge < -0.3 is 5.11 Å². The first-order chi connectivity index (χ1) is 9.53. The number of halogens is 2. The molecule has 0 atom stereocenters. The van der Waals surface area contributed by atoms with Crippen LogP contribution in [0.25, 0.3) is 0 Å². The van der Waals surface area contributed by atoms with Gasteiger partial charge in [-0.15, -0.1) is 0 Å². The molecule has 0 saturated heterocycles. The smallest absolute Gasteiger partial charge is 0.242 e. The second kappa shape index (κ2) is 6.84. The Balaban J connectivity index is 3.10. The van der Waals surface area contributed by atoms with E-state index in [1.54, 1.807) is 0 Å². The Kier molecular flexibility index (Phi) is 6.09. The fraction of sp³-hybridized carbons (Fsp3) is 0.571. The molecule has 1 aromatic rings. The van der Waals surface area contributed by atoms with E-state index in [9.17, 15) is 13.5 Å². The zero-order valence-electron chi connectivity index (χ0n) is 12.6. The zero-order valence-corrected chi connectivity index (χ0v) is 14.9. The summed E-state index contributed by atoms with van der Waals surface area (Å²) in [6, 6.07) is 2.76. The number of rotatable bonds is 6. The van der Waals surface area contributed by atoms with Gasteiger partial charge in [0.25, 0.3) is 0 Å². The number of hydrogen-bond acceptors (Lipinski definition) is 3. The molecule has 21 heavy (non-hydrogen) atoms. The Morgan fingerprint density at radius 1 is 1.29 bits per heavy atom. The minimum Gasteiger partial charge on any atom is -0.392 e. The molecule has 1 aromatic carbocycles. The highest BCUT2D eigenvalue weighted by Gasteiger charge is 2.27. The highest BCUT2D eigenvalue weighted by atomic mass is 35.5. The van der Waals surface area contributed by atoms with Gasteiger partial charge in [0.2, 0.25) is 10.0 Å². The van der Waals surface area contributed by atoms with Gasteiger partial charge in [-0.2, -0.15) is 0 Å². The van der Waals surface area contributed by atoms with Gasteiger partial charge >= 0.3 is 0 Å². The minimum absolute atomic E-state index is 0.0418. The lowest BCUT2D eigenvalue weighted by Gasteiger charge is -2.29. The minimum atomic E-state index is -3.76. The molecule has 7 heteroatoms. The lowest BCUT2D eigenvalue weighted by Crippen LogP contribution is -2.37. The van der Waals surface area contributed by atoms with Gasteiger partial charge in [0.05, 0.1) is 11.6 Å². The third-order valence-electron chi connectivity index (χ3n) is 3.88. The molecular formula is C14H21Cl2NO3S. The molecular weight excluding hydrogens is 333 g/mol. The summed E-state index contributed by atoms with van der Waals surface area (Å²) in [6.07, 6.45) is 0. The van der Waals surface area contributed by atoms with E-state index in [0.29, 0.717) is 12.5 Å². The first kappa shape index (κ1) is 18.7. The van der Waals surface area contributed by atoms with E-state index in [-0.39, 0.29) is 25.9 Å². The van der Waals surface area contributed by atoms with Crippen molar-refractivity contribution in [3.8, 4) is 0 Å². The van der Waals surface area contributed by atoms with E-state index >= 15 is 0 Å². The van der Waals surface area contributed by atoms with Gasteiger partial charge in [0, 0.05) is 17.1 Å². The van der Waals surface area contributed by atoms with Crippen LogP contribution in [-0.4, -0.2) is 20.1 Å². The van der Waals surface area contributed by atoms with Crippen molar-refractivity contribution in [2.45, 2.75) is 39.2 Å². The van der Waals surface area contributed by atoms with Crippen LogP contribution in [-0.2, 0) is 16.6 Å². The summed E-state index contributed by atoms with van der Waals surface area (Å²) in [6.45, 7) is 7.92. The SMILES string of the molecule is CC(C)C(C)(C)CNS(=O)(=O)c1ccc(Cl)c(CO)c1Cl. The van der Waals surface area contributed by atoms with Crippen LogP contribution in [0, 0.1) is 11.3 Å². The summed E-state index contributed by atoms with van der Waals surface area (Å²) in [4.78, 5) is -0.0721. The summed E-state index contributed by atoms with van der Waals surface area (Å²) < 4.78 is 27.3. The molecule has 0 fully saturated rings. The average Bonchev–Trinajstić information content (AvgIpc) is 2.36. The van der Waals surface area contributed by atoms with E-state index in [2.05, 4.69) is 4.72 Å². The summed E-state index contributed by atoms with van der Waals surface area (Å²) in [5, 5.41) is 9.44. The van der Waals surface area contributed by atoms with Crippen LogP contribution in [0.3, 0.4) is 0 Å². The second-order valence-corrected chi connectivity index (χ2v) is 8.48. The molecule has 2 N–H and O–H groups in total. The average molecular weight is 354 g/mol. The van der Waals surface area contributed by atoms with Crippen molar-refractivity contribution >= 4 is 33.2 Å². The summed E-state index contributed by atoms with van der Waals surface area (Å²) in [5.74, 6) is 0.314.